The van der Waals surface area contributed by atoms with Crippen LogP contribution in [0.5, 0.6) is 5.75 Å². The summed E-state index contributed by atoms with van der Waals surface area (Å²) < 4.78 is 46.7. The molecule has 3 aromatic carbocycles. The van der Waals surface area contributed by atoms with Gasteiger partial charge in [-0.05, 0) is 60.2 Å². The van der Waals surface area contributed by atoms with E-state index >= 15 is 0 Å². The van der Waals surface area contributed by atoms with Crippen molar-refractivity contribution in [3.8, 4) is 5.75 Å². The van der Waals surface area contributed by atoms with Gasteiger partial charge in [0.15, 0.2) is 6.23 Å². The number of benzene rings is 3. The minimum atomic E-state index is -4.15. The third-order valence-corrected chi connectivity index (χ3v) is 6.15. The Labute approximate surface area is 200 Å². The number of ether oxygens (including phenoxy) is 1. The van der Waals surface area contributed by atoms with Gasteiger partial charge in [-0.15, -0.1) is 0 Å². The highest BCUT2D eigenvalue weighted by Gasteiger charge is 2.24. The minimum Gasteiger partial charge on any atom is -0.481 e. The predicted octanol–water partition coefficient (Wildman–Crippen LogP) is 3.82. The lowest BCUT2D eigenvalue weighted by atomic mass is 10.1. The van der Waals surface area contributed by atoms with Crippen LogP contribution in [0.2, 0.25) is 5.02 Å². The van der Waals surface area contributed by atoms with Gasteiger partial charge in [-0.1, -0.05) is 29.8 Å². The molecular weight excluding hydrogens is 487 g/mol. The molecule has 11 heteroatoms. The van der Waals surface area contributed by atoms with Crippen LogP contribution in [0.3, 0.4) is 0 Å². The molecule has 0 aliphatic heterocycles. The second-order valence-corrected chi connectivity index (χ2v) is 9.31. The zero-order chi connectivity index (χ0) is 24.7. The Morgan fingerprint density at radius 1 is 1.03 bits per heavy atom. The average Bonchev–Trinajstić information content (AvgIpc) is 2.74. The van der Waals surface area contributed by atoms with Gasteiger partial charge in [0.25, 0.3) is 0 Å². The van der Waals surface area contributed by atoms with E-state index in [9.17, 15) is 22.4 Å². The molecule has 8 nitrogen and oxygen atoms in total. The van der Waals surface area contributed by atoms with E-state index in [0.29, 0.717) is 16.3 Å². The fraction of sp³-hybridized carbons (Fsp3) is 0.130. The summed E-state index contributed by atoms with van der Waals surface area (Å²) in [6.07, 6.45) is -1.89. The molecule has 3 aromatic rings. The summed E-state index contributed by atoms with van der Waals surface area (Å²) in [6.45, 7) is 0. The number of hydrogen-bond donors (Lipinski definition) is 3. The quantitative estimate of drug-likeness (QED) is 0.359. The SMILES string of the molecule is O=C(O)Cc1ccc(NC(=O)C[C@@H](NS(=O)(=O)c2ccc(F)cc2)Oc2cccc(Cl)c2)cc1. The molecular formula is C23H20ClFN2O6S. The molecule has 0 aliphatic rings. The van der Waals surface area contributed by atoms with Gasteiger partial charge >= 0.3 is 5.97 Å². The number of aliphatic carboxylic acids is 1. The lowest BCUT2D eigenvalue weighted by Gasteiger charge is -2.20. The molecule has 1 amide bonds. The Morgan fingerprint density at radius 2 is 1.71 bits per heavy atom. The van der Waals surface area contributed by atoms with Gasteiger partial charge in [0.05, 0.1) is 17.7 Å². The molecule has 0 fully saturated rings. The standard InChI is InChI=1S/C23H20ClFN2O6S/c24-16-2-1-3-19(13-16)33-22(27-34(31,32)20-10-6-17(25)7-11-20)14-21(28)26-18-8-4-15(5-9-18)12-23(29)30/h1-11,13,22,27H,12,14H2,(H,26,28)(H,29,30)/t22-/m0/s1. The smallest absolute Gasteiger partial charge is 0.307 e. The molecule has 0 spiro atoms. The molecule has 0 saturated carbocycles. The predicted molar refractivity (Wildman–Crippen MR) is 124 cm³/mol. The van der Waals surface area contributed by atoms with Gasteiger partial charge in [-0.3, -0.25) is 9.59 Å². The van der Waals surface area contributed by atoms with E-state index in [1.165, 1.54) is 18.2 Å². The van der Waals surface area contributed by atoms with E-state index in [4.69, 9.17) is 21.4 Å². The number of carbonyl (C=O) groups excluding carboxylic acids is 1. The topological polar surface area (TPSA) is 122 Å². The van der Waals surface area contributed by atoms with Crippen molar-refractivity contribution < 1.29 is 32.2 Å². The number of carboxylic acid groups (broad SMARTS) is 1. The molecule has 3 rings (SSSR count). The number of amides is 1. The first kappa shape index (κ1) is 25.2. The molecule has 3 N–H and O–H groups in total. The van der Waals surface area contributed by atoms with Crippen molar-refractivity contribution in [3.63, 3.8) is 0 Å². The molecule has 178 valence electrons. The lowest BCUT2D eigenvalue weighted by molar-refractivity contribution is -0.136. The molecule has 0 bridgehead atoms. The highest BCUT2D eigenvalue weighted by molar-refractivity contribution is 7.89. The molecule has 34 heavy (non-hydrogen) atoms. The van der Waals surface area contributed by atoms with Gasteiger partial charge < -0.3 is 15.2 Å². The van der Waals surface area contributed by atoms with Gasteiger partial charge in [-0.2, -0.15) is 4.72 Å². The van der Waals surface area contributed by atoms with Crippen LogP contribution in [0.1, 0.15) is 12.0 Å². The molecule has 0 saturated heterocycles. The summed E-state index contributed by atoms with van der Waals surface area (Å²) >= 11 is 5.96. The van der Waals surface area contributed by atoms with Gasteiger partial charge in [-0.25, -0.2) is 12.8 Å². The second kappa shape index (κ2) is 11.1. The van der Waals surface area contributed by atoms with Gasteiger partial charge in [0.2, 0.25) is 15.9 Å². The van der Waals surface area contributed by atoms with Crippen LogP contribution in [0.25, 0.3) is 0 Å². The molecule has 1 atom stereocenters. The number of nitrogens with one attached hydrogen (secondary N) is 2. The molecule has 0 heterocycles. The Morgan fingerprint density at radius 3 is 2.32 bits per heavy atom. The van der Waals surface area contributed by atoms with Crippen molar-refractivity contribution in [1.29, 1.82) is 0 Å². The third-order valence-electron chi connectivity index (χ3n) is 4.45. The Hall–Kier alpha value is -3.47. The first-order valence-electron chi connectivity index (χ1n) is 9.91. The highest BCUT2D eigenvalue weighted by atomic mass is 35.5. The largest absolute Gasteiger partial charge is 0.481 e. The number of carbonyl (C=O) groups is 2. The van der Waals surface area contributed by atoms with Crippen molar-refractivity contribution in [2.45, 2.75) is 24.0 Å². The maximum absolute atomic E-state index is 13.2. The summed E-state index contributed by atoms with van der Waals surface area (Å²) in [5.41, 5.74) is 0.946. The molecule has 0 unspecified atom stereocenters. The van der Waals surface area contributed by atoms with Crippen LogP contribution < -0.4 is 14.8 Å². The number of rotatable bonds is 10. The van der Waals surface area contributed by atoms with Gasteiger partial charge in [0, 0.05) is 10.7 Å². The second-order valence-electron chi connectivity index (χ2n) is 7.16. The maximum atomic E-state index is 13.2. The molecule has 0 aromatic heterocycles. The van der Waals surface area contributed by atoms with E-state index in [1.807, 2.05) is 0 Å². The minimum absolute atomic E-state index is 0.158. The summed E-state index contributed by atoms with van der Waals surface area (Å²) in [7, 11) is -4.15. The van der Waals surface area contributed by atoms with E-state index in [2.05, 4.69) is 10.0 Å². The van der Waals surface area contributed by atoms with Crippen LogP contribution in [0.4, 0.5) is 10.1 Å². The third kappa shape index (κ3) is 7.55. The first-order valence-corrected chi connectivity index (χ1v) is 11.8. The number of sulfonamides is 1. The lowest BCUT2D eigenvalue weighted by Crippen LogP contribution is -2.41. The first-order chi connectivity index (χ1) is 16.1. The number of halogens is 2. The fourth-order valence-corrected chi connectivity index (χ4v) is 4.22. The van der Waals surface area contributed by atoms with Crippen LogP contribution in [0, 0.1) is 5.82 Å². The monoisotopic (exact) mass is 506 g/mol. The van der Waals surface area contributed by atoms with E-state index in [0.717, 1.165) is 24.3 Å². The van der Waals surface area contributed by atoms with E-state index in [-0.39, 0.29) is 17.1 Å². The Balaban J connectivity index is 1.75. The van der Waals surface area contributed by atoms with Gasteiger partial charge in [0.1, 0.15) is 11.6 Å². The van der Waals surface area contributed by atoms with E-state index < -0.39 is 40.4 Å². The fourth-order valence-electron chi connectivity index (χ4n) is 2.93. The van der Waals surface area contributed by atoms with Crippen molar-refractivity contribution in [3.05, 3.63) is 89.2 Å². The summed E-state index contributed by atoms with van der Waals surface area (Å²) in [6, 6.07) is 16.6. The average molecular weight is 507 g/mol. The van der Waals surface area contributed by atoms with Crippen molar-refractivity contribution in [2.75, 3.05) is 5.32 Å². The van der Waals surface area contributed by atoms with Crippen LogP contribution in [0.15, 0.2) is 77.7 Å². The van der Waals surface area contributed by atoms with Crippen LogP contribution >= 0.6 is 11.6 Å². The Kier molecular flexibility index (Phi) is 8.21. The zero-order valence-electron chi connectivity index (χ0n) is 17.6. The number of anilines is 1. The maximum Gasteiger partial charge on any atom is 0.307 e. The van der Waals surface area contributed by atoms with Crippen molar-refractivity contribution >= 4 is 39.2 Å². The van der Waals surface area contributed by atoms with Crippen LogP contribution in [-0.2, 0) is 26.0 Å². The highest BCUT2D eigenvalue weighted by Crippen LogP contribution is 2.20. The molecule has 0 aliphatic carbocycles. The van der Waals surface area contributed by atoms with Crippen LogP contribution in [-0.4, -0.2) is 31.6 Å². The summed E-state index contributed by atoms with van der Waals surface area (Å²) in [5, 5.41) is 11.8. The normalized spacial score (nSPS) is 12.1. The van der Waals surface area contributed by atoms with E-state index in [1.54, 1.807) is 30.3 Å². The summed E-state index contributed by atoms with van der Waals surface area (Å²) in [5.74, 6) is -1.92. The molecule has 0 radical (unpaired) electrons. The Bertz CT molecular complexity index is 1270. The van der Waals surface area contributed by atoms with Crippen molar-refractivity contribution in [1.82, 2.24) is 4.72 Å². The number of hydrogen-bond acceptors (Lipinski definition) is 5. The number of carboxylic acids is 1. The zero-order valence-corrected chi connectivity index (χ0v) is 19.1. The van der Waals surface area contributed by atoms with Crippen molar-refractivity contribution in [2.24, 2.45) is 0 Å². The summed E-state index contributed by atoms with van der Waals surface area (Å²) in [4.78, 5) is 23.2.